The van der Waals surface area contributed by atoms with E-state index in [0.717, 1.165) is 13.1 Å². The summed E-state index contributed by atoms with van der Waals surface area (Å²) in [5, 5.41) is 5.61. The summed E-state index contributed by atoms with van der Waals surface area (Å²) in [5.41, 5.74) is 5.32. The number of hydrogen-bond acceptors (Lipinski definition) is 0. The van der Waals surface area contributed by atoms with Crippen LogP contribution in [0.4, 0.5) is 0 Å². The normalized spacial score (nSPS) is 11.4. The van der Waals surface area contributed by atoms with Crippen molar-refractivity contribution < 1.29 is 0 Å². The summed E-state index contributed by atoms with van der Waals surface area (Å²) in [7, 11) is -1.77. The molecule has 7 aromatic rings. The minimum atomic E-state index is -1.77. The van der Waals surface area contributed by atoms with Gasteiger partial charge in [-0.25, -0.2) is 0 Å². The molecule has 0 fully saturated rings. The molecule has 0 radical (unpaired) electrons. The molecule has 2 aromatic heterocycles. The van der Waals surface area contributed by atoms with E-state index in [1.165, 1.54) is 43.4 Å². The summed E-state index contributed by atoms with van der Waals surface area (Å²) >= 11 is 0. The number of benzene rings is 5. The van der Waals surface area contributed by atoms with Crippen LogP contribution >= 0.6 is 0 Å². The Balaban J connectivity index is 0.000000162. The van der Waals surface area contributed by atoms with Crippen molar-refractivity contribution in [3.05, 3.63) is 169 Å². The van der Waals surface area contributed by atoms with E-state index in [-0.39, 0.29) is 0 Å². The highest BCUT2D eigenvalue weighted by atomic mass is 28.3. The van der Waals surface area contributed by atoms with Crippen LogP contribution in [0, 0.1) is 0 Å². The first-order chi connectivity index (χ1) is 20.1. The Morgan fingerprint density at radius 2 is 1.00 bits per heavy atom. The average molecular weight is 549 g/mol. The van der Waals surface area contributed by atoms with E-state index in [1.807, 2.05) is 0 Å². The van der Waals surface area contributed by atoms with Crippen molar-refractivity contribution in [2.24, 2.45) is 0 Å². The van der Waals surface area contributed by atoms with Crippen LogP contribution in [0.2, 0.25) is 13.1 Å². The van der Waals surface area contributed by atoms with Crippen LogP contribution in [0.5, 0.6) is 0 Å². The average Bonchev–Trinajstić information content (AvgIpc) is 3.61. The molecule has 0 spiro atoms. The first-order valence-electron chi connectivity index (χ1n) is 14.4. The number of aromatic nitrogens is 2. The standard InChI is InChI=1S/C23H23NSi.C15H13N/c1-25(2,21-14-7-4-8-15-21)23-17-20-13-9-10-16-22(20)24(23)18-19-11-5-3-6-12-19;1-2-6-13(7-3-1)12-16-11-10-14-8-4-5-9-15(14)16/h3-17H,18H2,1-2H3;1-11H,12H2. The summed E-state index contributed by atoms with van der Waals surface area (Å²) in [5.74, 6) is 0. The van der Waals surface area contributed by atoms with E-state index < -0.39 is 8.07 Å². The second-order valence-electron chi connectivity index (χ2n) is 11.1. The first kappa shape index (κ1) is 26.6. The number of fused-ring (bicyclic) bond motifs is 2. The lowest BCUT2D eigenvalue weighted by molar-refractivity contribution is 0.837. The van der Waals surface area contributed by atoms with Crippen LogP contribution in [-0.2, 0) is 13.1 Å². The Morgan fingerprint density at radius 1 is 0.488 bits per heavy atom. The van der Waals surface area contributed by atoms with Crippen LogP contribution in [0.25, 0.3) is 21.8 Å². The topological polar surface area (TPSA) is 9.86 Å². The number of nitrogens with zero attached hydrogens (tertiary/aromatic N) is 2. The van der Waals surface area contributed by atoms with E-state index in [4.69, 9.17) is 0 Å². The molecule has 0 atom stereocenters. The molecule has 0 bridgehead atoms. The Labute approximate surface area is 244 Å². The zero-order chi connectivity index (χ0) is 28.1. The summed E-state index contributed by atoms with van der Waals surface area (Å²) in [6.07, 6.45) is 2.15. The van der Waals surface area contributed by atoms with E-state index in [2.05, 4.69) is 180 Å². The fourth-order valence-electron chi connectivity index (χ4n) is 5.73. The van der Waals surface area contributed by atoms with Gasteiger partial charge in [-0.15, -0.1) is 0 Å². The third kappa shape index (κ3) is 5.82. The Morgan fingerprint density at radius 3 is 1.66 bits per heavy atom. The third-order valence-electron chi connectivity index (χ3n) is 8.01. The highest BCUT2D eigenvalue weighted by molar-refractivity contribution is 7.00. The zero-order valence-corrected chi connectivity index (χ0v) is 24.8. The van der Waals surface area contributed by atoms with Gasteiger partial charge in [0.2, 0.25) is 0 Å². The largest absolute Gasteiger partial charge is 0.344 e. The van der Waals surface area contributed by atoms with Crippen LogP contribution in [0.3, 0.4) is 0 Å². The quantitative estimate of drug-likeness (QED) is 0.185. The molecule has 0 saturated carbocycles. The minimum absolute atomic E-state index is 0.924. The predicted molar refractivity (Wildman–Crippen MR) is 178 cm³/mol. The molecule has 2 heterocycles. The van der Waals surface area contributed by atoms with Gasteiger partial charge in [0.05, 0.1) is 0 Å². The number of rotatable bonds is 6. The first-order valence-corrected chi connectivity index (χ1v) is 17.4. The van der Waals surface area contributed by atoms with Crippen LogP contribution in [0.15, 0.2) is 158 Å². The van der Waals surface area contributed by atoms with Gasteiger partial charge in [-0.3, -0.25) is 0 Å². The molecule has 2 nitrogen and oxygen atoms in total. The van der Waals surface area contributed by atoms with Gasteiger partial charge in [0, 0.05) is 35.6 Å². The van der Waals surface area contributed by atoms with E-state index >= 15 is 0 Å². The number of para-hydroxylation sites is 2. The van der Waals surface area contributed by atoms with Gasteiger partial charge in [-0.2, -0.15) is 0 Å². The molecule has 0 N–H and O–H groups in total. The zero-order valence-electron chi connectivity index (χ0n) is 23.8. The number of hydrogen-bond donors (Lipinski definition) is 0. The van der Waals surface area contributed by atoms with Crippen molar-refractivity contribution in [3.8, 4) is 0 Å². The molecular formula is C38H36N2Si. The van der Waals surface area contributed by atoms with Crippen LogP contribution in [-0.4, -0.2) is 17.2 Å². The van der Waals surface area contributed by atoms with Gasteiger partial charge in [0.1, 0.15) is 8.07 Å². The molecule has 7 rings (SSSR count). The molecule has 3 heteroatoms. The molecule has 0 aliphatic carbocycles. The maximum absolute atomic E-state index is 2.53. The summed E-state index contributed by atoms with van der Waals surface area (Å²) in [4.78, 5) is 0. The molecule has 0 aliphatic rings. The maximum atomic E-state index is 2.53. The smallest absolute Gasteiger partial charge is 0.132 e. The van der Waals surface area contributed by atoms with Crippen molar-refractivity contribution in [2.75, 3.05) is 0 Å². The summed E-state index contributed by atoms with van der Waals surface area (Å²) < 4.78 is 4.81. The van der Waals surface area contributed by atoms with Crippen molar-refractivity contribution in [1.82, 2.24) is 9.13 Å². The van der Waals surface area contributed by atoms with Gasteiger partial charge in [0.15, 0.2) is 0 Å². The highest BCUT2D eigenvalue weighted by Crippen LogP contribution is 2.20. The van der Waals surface area contributed by atoms with Gasteiger partial charge >= 0.3 is 0 Å². The molecule has 0 amide bonds. The molecule has 41 heavy (non-hydrogen) atoms. The lowest BCUT2D eigenvalue weighted by Crippen LogP contribution is -2.55. The molecular weight excluding hydrogens is 513 g/mol. The fourth-order valence-corrected chi connectivity index (χ4v) is 8.44. The SMILES string of the molecule is C[Si](C)(c1ccccc1)c1cc2ccccc2n1Cc1ccccc1.c1ccc(Cn2ccc3ccccc32)cc1. The maximum Gasteiger partial charge on any atom is 0.132 e. The molecule has 202 valence electrons. The molecule has 0 aliphatic heterocycles. The van der Waals surface area contributed by atoms with Gasteiger partial charge in [0.25, 0.3) is 0 Å². The van der Waals surface area contributed by atoms with Crippen molar-refractivity contribution in [3.63, 3.8) is 0 Å². The Hall–Kier alpha value is -4.60. The lowest BCUT2D eigenvalue weighted by Gasteiger charge is -2.26. The van der Waals surface area contributed by atoms with E-state index in [0.29, 0.717) is 0 Å². The van der Waals surface area contributed by atoms with Crippen molar-refractivity contribution >= 4 is 40.4 Å². The second-order valence-corrected chi connectivity index (χ2v) is 15.5. The van der Waals surface area contributed by atoms with Crippen LogP contribution in [0.1, 0.15) is 11.1 Å². The Kier molecular flexibility index (Phi) is 7.70. The van der Waals surface area contributed by atoms with E-state index in [9.17, 15) is 0 Å². The van der Waals surface area contributed by atoms with Crippen molar-refractivity contribution in [2.45, 2.75) is 26.2 Å². The third-order valence-corrected chi connectivity index (χ3v) is 11.5. The molecule has 5 aromatic carbocycles. The highest BCUT2D eigenvalue weighted by Gasteiger charge is 2.30. The second kappa shape index (κ2) is 11.9. The van der Waals surface area contributed by atoms with E-state index in [1.54, 1.807) is 0 Å². The Bertz CT molecular complexity index is 1850. The predicted octanol–water partition coefficient (Wildman–Crippen LogP) is 8.20. The molecule has 0 saturated heterocycles. The minimum Gasteiger partial charge on any atom is -0.344 e. The summed E-state index contributed by atoms with van der Waals surface area (Å²) in [6.45, 7) is 6.78. The van der Waals surface area contributed by atoms with Crippen LogP contribution < -0.4 is 10.5 Å². The summed E-state index contributed by atoms with van der Waals surface area (Å²) in [6, 6.07) is 54.1. The lowest BCUT2D eigenvalue weighted by atomic mass is 10.2. The van der Waals surface area contributed by atoms with Gasteiger partial charge < -0.3 is 9.13 Å². The monoisotopic (exact) mass is 548 g/mol. The molecule has 0 unspecified atom stereocenters. The fraction of sp³-hybridized carbons (Fsp3) is 0.105. The van der Waals surface area contributed by atoms with Crippen molar-refractivity contribution in [1.29, 1.82) is 0 Å². The van der Waals surface area contributed by atoms with Gasteiger partial charge in [-0.1, -0.05) is 146 Å². The van der Waals surface area contributed by atoms with Gasteiger partial charge in [-0.05, 0) is 46.2 Å².